The second kappa shape index (κ2) is 9.48. The second-order valence-electron chi connectivity index (χ2n) is 8.24. The van der Waals surface area contributed by atoms with Gasteiger partial charge in [0.1, 0.15) is 11.6 Å². The van der Waals surface area contributed by atoms with Crippen LogP contribution in [0.25, 0.3) is 0 Å². The Hall–Kier alpha value is -3.26. The van der Waals surface area contributed by atoms with E-state index in [0.29, 0.717) is 43.6 Å². The quantitative estimate of drug-likeness (QED) is 0.751. The van der Waals surface area contributed by atoms with Crippen LogP contribution in [-0.4, -0.2) is 54.2 Å². The lowest BCUT2D eigenvalue weighted by atomic mass is 9.96. The van der Waals surface area contributed by atoms with Crippen LogP contribution < -0.4 is 10.5 Å². The number of primary amides is 1. The highest BCUT2D eigenvalue weighted by atomic mass is 19.1. The van der Waals surface area contributed by atoms with E-state index in [1.54, 1.807) is 19.2 Å². The van der Waals surface area contributed by atoms with Gasteiger partial charge in [-0.25, -0.2) is 9.40 Å². The summed E-state index contributed by atoms with van der Waals surface area (Å²) in [5, 5.41) is 6.13. The van der Waals surface area contributed by atoms with Crippen LogP contribution in [-0.2, 0) is 9.59 Å². The van der Waals surface area contributed by atoms with E-state index in [9.17, 15) is 14.0 Å². The van der Waals surface area contributed by atoms with E-state index in [0.717, 1.165) is 11.3 Å². The molecule has 0 aromatic heterocycles. The third-order valence-corrected chi connectivity index (χ3v) is 6.17. The molecule has 168 valence electrons. The number of piperidine rings is 1. The van der Waals surface area contributed by atoms with Crippen molar-refractivity contribution >= 4 is 17.5 Å². The summed E-state index contributed by atoms with van der Waals surface area (Å²) in [6, 6.07) is 13.5. The van der Waals surface area contributed by atoms with E-state index >= 15 is 0 Å². The van der Waals surface area contributed by atoms with Gasteiger partial charge in [-0.15, -0.1) is 0 Å². The molecule has 2 amide bonds. The summed E-state index contributed by atoms with van der Waals surface area (Å²) < 4.78 is 19.0. The molecule has 0 spiro atoms. The number of benzene rings is 2. The Labute approximate surface area is 186 Å². The van der Waals surface area contributed by atoms with Gasteiger partial charge in [-0.05, 0) is 55.8 Å². The number of likely N-dealkylation sites (tertiary alicyclic amines) is 1. The van der Waals surface area contributed by atoms with E-state index in [-0.39, 0.29) is 36.1 Å². The number of rotatable bonds is 6. The predicted octanol–water partition coefficient (Wildman–Crippen LogP) is 2.71. The minimum Gasteiger partial charge on any atom is -0.497 e. The molecule has 2 heterocycles. The number of carbonyl (C=O) groups excluding carboxylic acids is 2. The van der Waals surface area contributed by atoms with Crippen LogP contribution in [0.3, 0.4) is 0 Å². The van der Waals surface area contributed by atoms with Crippen molar-refractivity contribution < 1.29 is 18.7 Å². The first-order valence-corrected chi connectivity index (χ1v) is 10.8. The molecule has 1 unspecified atom stereocenters. The van der Waals surface area contributed by atoms with Crippen molar-refractivity contribution in [2.75, 3.05) is 26.7 Å². The van der Waals surface area contributed by atoms with Gasteiger partial charge in [-0.2, -0.15) is 5.10 Å². The maximum absolute atomic E-state index is 13.8. The van der Waals surface area contributed by atoms with Gasteiger partial charge in [0.05, 0.1) is 25.4 Å². The van der Waals surface area contributed by atoms with Crippen LogP contribution >= 0.6 is 0 Å². The average Bonchev–Trinajstić information content (AvgIpc) is 3.25. The van der Waals surface area contributed by atoms with Gasteiger partial charge < -0.3 is 10.5 Å². The van der Waals surface area contributed by atoms with Crippen LogP contribution in [0.4, 0.5) is 4.39 Å². The maximum Gasteiger partial charge on any atom is 0.257 e. The molecule has 1 fully saturated rings. The Bertz CT molecular complexity index is 1020. The zero-order chi connectivity index (χ0) is 22.7. The molecular formula is C24H27FN4O3. The summed E-state index contributed by atoms with van der Waals surface area (Å²) >= 11 is 0. The van der Waals surface area contributed by atoms with Crippen molar-refractivity contribution in [2.45, 2.75) is 25.3 Å². The Morgan fingerprint density at radius 2 is 1.88 bits per heavy atom. The average molecular weight is 439 g/mol. The first kappa shape index (κ1) is 22.0. The van der Waals surface area contributed by atoms with Gasteiger partial charge in [0.2, 0.25) is 5.91 Å². The largest absolute Gasteiger partial charge is 0.497 e. The third-order valence-electron chi connectivity index (χ3n) is 6.17. The Morgan fingerprint density at radius 1 is 1.16 bits per heavy atom. The van der Waals surface area contributed by atoms with E-state index in [2.05, 4.69) is 5.10 Å². The molecule has 2 aliphatic rings. The van der Waals surface area contributed by atoms with Crippen molar-refractivity contribution in [2.24, 2.45) is 16.8 Å². The van der Waals surface area contributed by atoms with Gasteiger partial charge in [0.25, 0.3) is 5.91 Å². The van der Waals surface area contributed by atoms with Gasteiger partial charge in [-0.1, -0.05) is 24.3 Å². The molecule has 0 bridgehead atoms. The molecule has 8 heteroatoms. The summed E-state index contributed by atoms with van der Waals surface area (Å²) in [6.07, 6.45) is 1.80. The summed E-state index contributed by atoms with van der Waals surface area (Å²) in [5.41, 5.74) is 7.68. The van der Waals surface area contributed by atoms with Crippen LogP contribution in [0.5, 0.6) is 5.75 Å². The van der Waals surface area contributed by atoms with Gasteiger partial charge >= 0.3 is 0 Å². The van der Waals surface area contributed by atoms with Crippen LogP contribution in [0, 0.1) is 11.7 Å². The molecule has 0 radical (unpaired) electrons. The molecule has 2 aliphatic heterocycles. The maximum atomic E-state index is 13.8. The SMILES string of the molecule is COc1ccc(C2CC(c3cccc(F)c3)=NN2C(=O)CN2CCC(C(N)=O)CC2)cc1. The fraction of sp³-hybridized carbons (Fsp3) is 0.375. The highest BCUT2D eigenvalue weighted by Gasteiger charge is 2.34. The standard InChI is InChI=1S/C24H27FN4O3/c1-32-20-7-5-16(6-8-20)22-14-21(18-3-2-4-19(25)13-18)27-29(22)23(30)15-28-11-9-17(10-12-28)24(26)31/h2-8,13,17,22H,9-12,14-15H2,1H3,(H2,26,31). The van der Waals surface area contributed by atoms with Crippen molar-refractivity contribution in [3.63, 3.8) is 0 Å². The molecule has 1 atom stereocenters. The number of hydrogen-bond donors (Lipinski definition) is 1. The molecule has 7 nitrogen and oxygen atoms in total. The van der Waals surface area contributed by atoms with E-state index in [1.165, 1.54) is 17.1 Å². The molecule has 4 rings (SSSR count). The topological polar surface area (TPSA) is 88.2 Å². The van der Waals surface area contributed by atoms with Crippen molar-refractivity contribution in [3.8, 4) is 5.75 Å². The number of nitrogens with two attached hydrogens (primary N) is 1. The van der Waals surface area contributed by atoms with E-state index in [1.807, 2.05) is 29.2 Å². The number of carbonyl (C=O) groups is 2. The molecule has 2 aromatic carbocycles. The lowest BCUT2D eigenvalue weighted by Gasteiger charge is -2.31. The molecule has 1 saturated heterocycles. The Balaban J connectivity index is 1.54. The monoisotopic (exact) mass is 438 g/mol. The number of ether oxygens (including phenoxy) is 1. The summed E-state index contributed by atoms with van der Waals surface area (Å²) in [7, 11) is 1.60. The summed E-state index contributed by atoms with van der Waals surface area (Å²) in [4.78, 5) is 26.7. The fourth-order valence-corrected chi connectivity index (χ4v) is 4.31. The number of amides is 2. The minimum atomic E-state index is -0.340. The summed E-state index contributed by atoms with van der Waals surface area (Å²) in [5.74, 6) is -0.145. The predicted molar refractivity (Wildman–Crippen MR) is 118 cm³/mol. The number of halogens is 1. The lowest BCUT2D eigenvalue weighted by molar-refractivity contribution is -0.134. The number of nitrogens with zero attached hydrogens (tertiary/aromatic N) is 3. The zero-order valence-corrected chi connectivity index (χ0v) is 18.0. The Morgan fingerprint density at radius 3 is 2.50 bits per heavy atom. The first-order chi connectivity index (χ1) is 15.4. The third kappa shape index (κ3) is 4.80. The molecule has 32 heavy (non-hydrogen) atoms. The molecule has 0 aliphatic carbocycles. The van der Waals surface area contributed by atoms with Gasteiger partial charge in [0, 0.05) is 17.9 Å². The van der Waals surface area contributed by atoms with Crippen molar-refractivity contribution in [1.29, 1.82) is 0 Å². The summed E-state index contributed by atoms with van der Waals surface area (Å²) in [6.45, 7) is 1.49. The lowest BCUT2D eigenvalue weighted by Crippen LogP contribution is -2.43. The first-order valence-electron chi connectivity index (χ1n) is 10.8. The van der Waals surface area contributed by atoms with Crippen LogP contribution in [0.15, 0.2) is 53.6 Å². The van der Waals surface area contributed by atoms with Crippen molar-refractivity contribution in [3.05, 3.63) is 65.5 Å². The smallest absolute Gasteiger partial charge is 0.257 e. The molecular weight excluding hydrogens is 411 g/mol. The fourth-order valence-electron chi connectivity index (χ4n) is 4.31. The van der Waals surface area contributed by atoms with Crippen LogP contribution in [0.1, 0.15) is 36.4 Å². The molecule has 2 aromatic rings. The minimum absolute atomic E-state index is 0.127. The number of hydrazone groups is 1. The number of methoxy groups -OCH3 is 1. The van der Waals surface area contributed by atoms with Crippen LogP contribution in [0.2, 0.25) is 0 Å². The second-order valence-corrected chi connectivity index (χ2v) is 8.24. The van der Waals surface area contributed by atoms with Gasteiger partial charge in [-0.3, -0.25) is 14.5 Å². The molecule has 2 N–H and O–H groups in total. The Kier molecular flexibility index (Phi) is 6.50. The van der Waals surface area contributed by atoms with E-state index < -0.39 is 0 Å². The normalized spacial score (nSPS) is 19.6. The highest BCUT2D eigenvalue weighted by molar-refractivity contribution is 6.03. The van der Waals surface area contributed by atoms with E-state index in [4.69, 9.17) is 10.5 Å². The number of hydrogen-bond acceptors (Lipinski definition) is 5. The molecule has 0 saturated carbocycles. The van der Waals surface area contributed by atoms with Crippen molar-refractivity contribution in [1.82, 2.24) is 9.91 Å². The zero-order valence-electron chi connectivity index (χ0n) is 18.0. The highest BCUT2D eigenvalue weighted by Crippen LogP contribution is 2.34. The van der Waals surface area contributed by atoms with Gasteiger partial charge in [0.15, 0.2) is 0 Å².